The molecular weight excluding hydrogens is 468 g/mol. The lowest BCUT2D eigenvalue weighted by Gasteiger charge is -2.15. The number of benzene rings is 1. The van der Waals surface area contributed by atoms with E-state index in [0.717, 1.165) is 11.3 Å². The van der Waals surface area contributed by atoms with Crippen LogP contribution in [0.25, 0.3) is 0 Å². The molecule has 0 atom stereocenters. The monoisotopic (exact) mass is 488 g/mol. The minimum absolute atomic E-state index is 0.0191. The van der Waals surface area contributed by atoms with E-state index in [4.69, 9.17) is 18.6 Å². The molecule has 3 aromatic rings. The summed E-state index contributed by atoms with van der Waals surface area (Å²) in [5.74, 6) is -2.34. The number of carbonyl (C=O) groups excluding carboxylic acids is 4. The van der Waals surface area contributed by atoms with E-state index in [9.17, 15) is 19.2 Å². The molecule has 0 saturated carbocycles. The number of ether oxygens (including phenoxy) is 4. The number of methoxy groups -OCH3 is 3. The fraction of sp³-hybridized carbons (Fsp3) is 0.182. The van der Waals surface area contributed by atoms with Crippen LogP contribution in [0.3, 0.4) is 0 Å². The van der Waals surface area contributed by atoms with Crippen LogP contribution in [-0.2, 0) is 14.3 Å². The summed E-state index contributed by atoms with van der Waals surface area (Å²) in [6.45, 7) is -0.658. The fourth-order valence-electron chi connectivity index (χ4n) is 2.80. The number of anilines is 2. The molecule has 2 aromatic heterocycles. The van der Waals surface area contributed by atoms with E-state index in [-0.39, 0.29) is 39.1 Å². The predicted octanol–water partition coefficient (Wildman–Crippen LogP) is 3.19. The zero-order valence-corrected chi connectivity index (χ0v) is 19.1. The van der Waals surface area contributed by atoms with Crippen molar-refractivity contribution in [2.24, 2.45) is 0 Å². The summed E-state index contributed by atoms with van der Waals surface area (Å²) in [4.78, 5) is 49.4. The van der Waals surface area contributed by atoms with Gasteiger partial charge in [0.1, 0.15) is 4.88 Å². The molecule has 0 aliphatic heterocycles. The summed E-state index contributed by atoms with van der Waals surface area (Å²) >= 11 is 1.09. The van der Waals surface area contributed by atoms with Gasteiger partial charge in [0.25, 0.3) is 11.8 Å². The number of amides is 2. The van der Waals surface area contributed by atoms with Crippen molar-refractivity contribution in [3.8, 4) is 11.5 Å². The normalized spacial score (nSPS) is 10.2. The van der Waals surface area contributed by atoms with E-state index in [0.29, 0.717) is 0 Å². The zero-order chi connectivity index (χ0) is 24.7. The Labute approximate surface area is 197 Å². The molecule has 3 rings (SSSR count). The number of hydrogen-bond donors (Lipinski definition) is 2. The molecule has 11 nitrogen and oxygen atoms in total. The highest BCUT2D eigenvalue weighted by molar-refractivity contribution is 7.12. The number of nitrogens with one attached hydrogen (secondary N) is 2. The van der Waals surface area contributed by atoms with Gasteiger partial charge < -0.3 is 34.0 Å². The summed E-state index contributed by atoms with van der Waals surface area (Å²) in [6, 6.07) is 7.20. The first kappa shape index (κ1) is 24.3. The molecule has 0 radical (unpaired) electrons. The van der Waals surface area contributed by atoms with E-state index in [1.54, 1.807) is 5.38 Å². The van der Waals surface area contributed by atoms with Gasteiger partial charge in [0.05, 0.1) is 44.5 Å². The van der Waals surface area contributed by atoms with Crippen LogP contribution < -0.4 is 20.1 Å². The Morgan fingerprint density at radius 2 is 1.68 bits per heavy atom. The van der Waals surface area contributed by atoms with Gasteiger partial charge in [-0.15, -0.1) is 11.3 Å². The predicted molar refractivity (Wildman–Crippen MR) is 121 cm³/mol. The molecule has 0 unspecified atom stereocenters. The molecule has 0 aliphatic carbocycles. The summed E-state index contributed by atoms with van der Waals surface area (Å²) in [7, 11) is 3.99. The second-order valence-corrected chi connectivity index (χ2v) is 7.38. The lowest BCUT2D eigenvalue weighted by molar-refractivity contribution is -0.119. The zero-order valence-electron chi connectivity index (χ0n) is 18.3. The lowest BCUT2D eigenvalue weighted by atomic mass is 10.1. The Morgan fingerprint density at radius 1 is 0.941 bits per heavy atom. The van der Waals surface area contributed by atoms with Crippen LogP contribution in [0.1, 0.15) is 30.6 Å². The van der Waals surface area contributed by atoms with E-state index < -0.39 is 30.4 Å². The quantitative estimate of drug-likeness (QED) is 0.434. The molecule has 2 amide bonds. The van der Waals surface area contributed by atoms with Crippen molar-refractivity contribution in [2.75, 3.05) is 38.6 Å². The molecule has 0 saturated heterocycles. The molecule has 178 valence electrons. The van der Waals surface area contributed by atoms with Gasteiger partial charge in [0.15, 0.2) is 23.9 Å². The third-order valence-corrected chi connectivity index (χ3v) is 5.28. The number of carbonyl (C=O) groups is 4. The first-order valence-electron chi connectivity index (χ1n) is 9.61. The molecule has 0 bridgehead atoms. The SMILES string of the molecule is COC(=O)c1sccc1NC(=O)COC(=O)c1cc(OC)c(OC)cc1NC(=O)c1ccco1. The molecular formula is C22H20N2O9S. The largest absolute Gasteiger partial charge is 0.493 e. The Morgan fingerprint density at radius 3 is 2.32 bits per heavy atom. The van der Waals surface area contributed by atoms with Gasteiger partial charge in [-0.05, 0) is 23.6 Å². The van der Waals surface area contributed by atoms with Crippen molar-refractivity contribution in [3.63, 3.8) is 0 Å². The van der Waals surface area contributed by atoms with Crippen LogP contribution in [0, 0.1) is 0 Å². The van der Waals surface area contributed by atoms with Crippen LogP contribution in [0.4, 0.5) is 11.4 Å². The maximum Gasteiger partial charge on any atom is 0.350 e. The summed E-state index contributed by atoms with van der Waals surface area (Å²) in [5.41, 5.74) is 0.196. The Kier molecular flexibility index (Phi) is 7.88. The van der Waals surface area contributed by atoms with Crippen molar-refractivity contribution in [3.05, 3.63) is 58.2 Å². The fourth-order valence-corrected chi connectivity index (χ4v) is 3.56. The average molecular weight is 488 g/mol. The minimum Gasteiger partial charge on any atom is -0.493 e. The van der Waals surface area contributed by atoms with Gasteiger partial charge in [-0.25, -0.2) is 9.59 Å². The second kappa shape index (κ2) is 11.0. The van der Waals surface area contributed by atoms with E-state index in [2.05, 4.69) is 15.4 Å². The van der Waals surface area contributed by atoms with Gasteiger partial charge >= 0.3 is 11.9 Å². The first-order valence-corrected chi connectivity index (χ1v) is 10.5. The topological polar surface area (TPSA) is 142 Å². The van der Waals surface area contributed by atoms with Crippen LogP contribution in [0.15, 0.2) is 46.4 Å². The van der Waals surface area contributed by atoms with E-state index >= 15 is 0 Å². The van der Waals surface area contributed by atoms with Crippen molar-refractivity contribution in [2.45, 2.75) is 0 Å². The molecule has 1 aromatic carbocycles. The number of esters is 2. The molecule has 0 fully saturated rings. The third kappa shape index (κ3) is 5.53. The van der Waals surface area contributed by atoms with Gasteiger partial charge in [-0.2, -0.15) is 0 Å². The van der Waals surface area contributed by atoms with Crippen LogP contribution in [-0.4, -0.2) is 51.7 Å². The average Bonchev–Trinajstić information content (AvgIpc) is 3.54. The highest BCUT2D eigenvalue weighted by Gasteiger charge is 2.22. The van der Waals surface area contributed by atoms with E-state index in [1.807, 2.05) is 0 Å². The highest BCUT2D eigenvalue weighted by atomic mass is 32.1. The van der Waals surface area contributed by atoms with Crippen LogP contribution in [0.2, 0.25) is 0 Å². The van der Waals surface area contributed by atoms with Gasteiger partial charge in [0.2, 0.25) is 0 Å². The Bertz CT molecular complexity index is 1200. The van der Waals surface area contributed by atoms with Gasteiger partial charge in [0, 0.05) is 12.1 Å². The van der Waals surface area contributed by atoms with Gasteiger partial charge in [-0.1, -0.05) is 0 Å². The molecule has 12 heteroatoms. The number of hydrogen-bond acceptors (Lipinski definition) is 10. The smallest absolute Gasteiger partial charge is 0.350 e. The number of furan rings is 1. The number of thiophene rings is 1. The summed E-state index contributed by atoms with van der Waals surface area (Å²) in [6.07, 6.45) is 1.33. The number of rotatable bonds is 9. The Balaban J connectivity index is 1.76. The lowest BCUT2D eigenvalue weighted by Crippen LogP contribution is -2.22. The summed E-state index contributed by atoms with van der Waals surface area (Å²) < 4.78 is 25.3. The van der Waals surface area contributed by atoms with Crippen molar-refractivity contribution < 1.29 is 42.5 Å². The third-order valence-electron chi connectivity index (χ3n) is 4.38. The molecule has 2 heterocycles. The summed E-state index contributed by atoms with van der Waals surface area (Å²) in [5, 5.41) is 6.64. The molecule has 0 spiro atoms. The minimum atomic E-state index is -0.913. The Hall–Kier alpha value is -4.32. The molecule has 2 N–H and O–H groups in total. The maximum absolute atomic E-state index is 12.8. The van der Waals surface area contributed by atoms with Crippen molar-refractivity contribution >= 4 is 46.5 Å². The van der Waals surface area contributed by atoms with E-state index in [1.165, 1.54) is 57.9 Å². The second-order valence-electron chi connectivity index (χ2n) is 6.46. The highest BCUT2D eigenvalue weighted by Crippen LogP contribution is 2.34. The first-order chi connectivity index (χ1) is 16.4. The van der Waals surface area contributed by atoms with Crippen molar-refractivity contribution in [1.82, 2.24) is 0 Å². The van der Waals surface area contributed by atoms with Crippen molar-refractivity contribution in [1.29, 1.82) is 0 Å². The van der Waals surface area contributed by atoms with Crippen LogP contribution in [0.5, 0.6) is 11.5 Å². The molecule has 34 heavy (non-hydrogen) atoms. The maximum atomic E-state index is 12.8. The standard InChI is InChI=1S/C22H20N2O9S/c1-29-16-9-12(14(10-17(16)30-2)24-20(26)15-5-4-7-32-15)21(27)33-11-18(25)23-13-6-8-34-19(13)22(28)31-3/h4-10H,11H2,1-3H3,(H,23,25)(H,24,26). The van der Waals surface area contributed by atoms with Crippen LogP contribution >= 0.6 is 11.3 Å². The van der Waals surface area contributed by atoms with Gasteiger partial charge in [-0.3, -0.25) is 9.59 Å². The molecule has 0 aliphatic rings.